The molecule has 3 heteroatoms. The third kappa shape index (κ3) is 1.29. The lowest BCUT2D eigenvalue weighted by Gasteiger charge is -2.24. The summed E-state index contributed by atoms with van der Waals surface area (Å²) in [5.41, 5.74) is 0.743. The van der Waals surface area contributed by atoms with E-state index in [4.69, 9.17) is 10.5 Å². The first kappa shape index (κ1) is 9.05. The van der Waals surface area contributed by atoms with Crippen molar-refractivity contribution in [2.45, 2.75) is 33.1 Å². The highest BCUT2D eigenvalue weighted by molar-refractivity contribution is 5.91. The van der Waals surface area contributed by atoms with Crippen LogP contribution in [0.3, 0.4) is 0 Å². The van der Waals surface area contributed by atoms with Gasteiger partial charge in [-0.3, -0.25) is 0 Å². The number of hydrogen-bond donors (Lipinski definition) is 1. The van der Waals surface area contributed by atoms with Gasteiger partial charge in [-0.1, -0.05) is 19.0 Å². The van der Waals surface area contributed by atoms with Crippen molar-refractivity contribution in [3.8, 4) is 6.07 Å². The molecule has 3 nitrogen and oxygen atoms in total. The van der Waals surface area contributed by atoms with Crippen LogP contribution in [0.4, 0.5) is 0 Å². The van der Waals surface area contributed by atoms with E-state index >= 15 is 0 Å². The predicted octanol–water partition coefficient (Wildman–Crippen LogP) is 2.17. The molecule has 0 unspecified atom stereocenters. The SMILES string of the molecule is CC1(C)/C(=N/O)CC[C@H]1CC#N. The van der Waals surface area contributed by atoms with E-state index in [0.717, 1.165) is 18.6 Å². The van der Waals surface area contributed by atoms with Gasteiger partial charge >= 0.3 is 0 Å². The van der Waals surface area contributed by atoms with Gasteiger partial charge in [0, 0.05) is 11.8 Å². The molecule has 1 fully saturated rings. The minimum absolute atomic E-state index is 0.0928. The van der Waals surface area contributed by atoms with Crippen molar-refractivity contribution in [1.82, 2.24) is 0 Å². The highest BCUT2D eigenvalue weighted by Crippen LogP contribution is 2.42. The summed E-state index contributed by atoms with van der Waals surface area (Å²) in [7, 11) is 0. The molecule has 0 aromatic carbocycles. The molecule has 1 N–H and O–H groups in total. The summed E-state index contributed by atoms with van der Waals surface area (Å²) >= 11 is 0. The second-order valence-electron chi connectivity index (χ2n) is 3.87. The average Bonchev–Trinajstić information content (AvgIpc) is 2.28. The van der Waals surface area contributed by atoms with Crippen molar-refractivity contribution >= 4 is 5.71 Å². The zero-order valence-electron chi connectivity index (χ0n) is 7.54. The monoisotopic (exact) mass is 166 g/mol. The van der Waals surface area contributed by atoms with Crippen LogP contribution in [0.25, 0.3) is 0 Å². The van der Waals surface area contributed by atoms with Crippen LogP contribution in [-0.4, -0.2) is 10.9 Å². The van der Waals surface area contributed by atoms with E-state index in [1.54, 1.807) is 0 Å². The summed E-state index contributed by atoms with van der Waals surface area (Å²) in [4.78, 5) is 0. The van der Waals surface area contributed by atoms with E-state index in [0.29, 0.717) is 12.3 Å². The van der Waals surface area contributed by atoms with Crippen molar-refractivity contribution in [2.75, 3.05) is 0 Å². The van der Waals surface area contributed by atoms with Crippen LogP contribution in [0.5, 0.6) is 0 Å². The summed E-state index contributed by atoms with van der Waals surface area (Å²) in [6, 6.07) is 2.17. The molecule has 12 heavy (non-hydrogen) atoms. The Hall–Kier alpha value is -1.04. The standard InChI is InChI=1S/C9H14N2O/c1-9(2)7(5-6-10)3-4-8(9)11-12/h7,12H,3-5H2,1-2H3/b11-8+/t7-/m0/s1. The van der Waals surface area contributed by atoms with Crippen molar-refractivity contribution in [3.63, 3.8) is 0 Å². The molecule has 66 valence electrons. The van der Waals surface area contributed by atoms with E-state index in [9.17, 15) is 0 Å². The number of nitrogens with zero attached hydrogens (tertiary/aromatic N) is 2. The topological polar surface area (TPSA) is 56.4 Å². The zero-order valence-corrected chi connectivity index (χ0v) is 7.54. The minimum Gasteiger partial charge on any atom is -0.411 e. The van der Waals surface area contributed by atoms with Crippen LogP contribution >= 0.6 is 0 Å². The fourth-order valence-corrected chi connectivity index (χ4v) is 1.88. The Morgan fingerprint density at radius 1 is 1.75 bits per heavy atom. The van der Waals surface area contributed by atoms with E-state index < -0.39 is 0 Å². The lowest BCUT2D eigenvalue weighted by Crippen LogP contribution is -2.24. The molecule has 0 heterocycles. The molecular weight excluding hydrogens is 152 g/mol. The lowest BCUT2D eigenvalue weighted by atomic mass is 9.79. The highest BCUT2D eigenvalue weighted by atomic mass is 16.4. The Bertz CT molecular complexity index is 237. The first-order valence-electron chi connectivity index (χ1n) is 4.21. The van der Waals surface area contributed by atoms with E-state index in [1.165, 1.54) is 0 Å². The Kier molecular flexibility index (Phi) is 2.37. The van der Waals surface area contributed by atoms with Gasteiger partial charge in [0.2, 0.25) is 0 Å². The van der Waals surface area contributed by atoms with Crippen LogP contribution in [0.1, 0.15) is 33.1 Å². The third-order valence-electron chi connectivity index (χ3n) is 2.95. The molecule has 0 bridgehead atoms. The van der Waals surface area contributed by atoms with Gasteiger partial charge in [0.05, 0.1) is 11.8 Å². The molecule has 0 aliphatic heterocycles. The van der Waals surface area contributed by atoms with Crippen LogP contribution in [0.15, 0.2) is 5.16 Å². The molecule has 1 aliphatic carbocycles. The quantitative estimate of drug-likeness (QED) is 0.479. The summed E-state index contributed by atoms with van der Waals surface area (Å²) in [5.74, 6) is 0.355. The molecule has 1 aliphatic rings. The Morgan fingerprint density at radius 3 is 2.83 bits per heavy atom. The molecule has 1 atom stereocenters. The average molecular weight is 166 g/mol. The first-order valence-corrected chi connectivity index (χ1v) is 4.21. The molecule has 1 rings (SSSR count). The van der Waals surface area contributed by atoms with Crippen LogP contribution in [-0.2, 0) is 0 Å². The molecule has 1 saturated carbocycles. The number of hydrogen-bond acceptors (Lipinski definition) is 3. The van der Waals surface area contributed by atoms with Gasteiger partial charge in [-0.2, -0.15) is 5.26 Å². The fourth-order valence-electron chi connectivity index (χ4n) is 1.88. The molecule has 0 saturated heterocycles. The second-order valence-corrected chi connectivity index (χ2v) is 3.87. The van der Waals surface area contributed by atoms with Gasteiger partial charge in [-0.05, 0) is 18.8 Å². The molecule has 0 aromatic rings. The van der Waals surface area contributed by atoms with Crippen LogP contribution in [0, 0.1) is 22.7 Å². The lowest BCUT2D eigenvalue weighted by molar-refractivity contribution is 0.295. The number of rotatable bonds is 1. The van der Waals surface area contributed by atoms with Gasteiger partial charge in [0.25, 0.3) is 0 Å². The van der Waals surface area contributed by atoms with Crippen LogP contribution in [0.2, 0.25) is 0 Å². The normalized spacial score (nSPS) is 30.4. The van der Waals surface area contributed by atoms with Crippen molar-refractivity contribution in [1.29, 1.82) is 5.26 Å². The van der Waals surface area contributed by atoms with E-state index in [1.807, 2.05) is 13.8 Å². The van der Waals surface area contributed by atoms with Crippen LogP contribution < -0.4 is 0 Å². The Labute approximate surface area is 72.7 Å². The largest absolute Gasteiger partial charge is 0.411 e. The smallest absolute Gasteiger partial charge is 0.0630 e. The second kappa shape index (κ2) is 3.14. The molecule has 0 amide bonds. The maximum absolute atomic E-state index is 8.69. The molecule has 0 aromatic heterocycles. The highest BCUT2D eigenvalue weighted by Gasteiger charge is 2.40. The zero-order chi connectivity index (χ0) is 9.19. The maximum atomic E-state index is 8.69. The summed E-state index contributed by atoms with van der Waals surface area (Å²) < 4.78 is 0. The van der Waals surface area contributed by atoms with Gasteiger partial charge < -0.3 is 5.21 Å². The first-order chi connectivity index (χ1) is 5.62. The molecule has 0 spiro atoms. The molecule has 0 radical (unpaired) electrons. The molecular formula is C9H14N2O. The van der Waals surface area contributed by atoms with E-state index in [-0.39, 0.29) is 5.41 Å². The van der Waals surface area contributed by atoms with Crippen molar-refractivity contribution in [3.05, 3.63) is 0 Å². The van der Waals surface area contributed by atoms with Crippen molar-refractivity contribution in [2.24, 2.45) is 16.5 Å². The van der Waals surface area contributed by atoms with Gasteiger partial charge in [0.1, 0.15) is 0 Å². The maximum Gasteiger partial charge on any atom is 0.0630 e. The number of nitriles is 1. The summed E-state index contributed by atoms with van der Waals surface area (Å²) in [6.45, 7) is 4.08. The Morgan fingerprint density at radius 2 is 2.42 bits per heavy atom. The summed E-state index contributed by atoms with van der Waals surface area (Å²) in [6.07, 6.45) is 2.36. The third-order valence-corrected chi connectivity index (χ3v) is 2.95. The number of oxime groups is 1. The fraction of sp³-hybridized carbons (Fsp3) is 0.778. The van der Waals surface area contributed by atoms with E-state index in [2.05, 4.69) is 11.2 Å². The predicted molar refractivity (Wildman–Crippen MR) is 46.0 cm³/mol. The van der Waals surface area contributed by atoms with Crippen molar-refractivity contribution < 1.29 is 5.21 Å². The minimum atomic E-state index is -0.0928. The summed E-state index contributed by atoms with van der Waals surface area (Å²) in [5, 5.41) is 20.5. The van der Waals surface area contributed by atoms with Gasteiger partial charge in [0.15, 0.2) is 0 Å². The van der Waals surface area contributed by atoms with Gasteiger partial charge in [-0.15, -0.1) is 0 Å². The van der Waals surface area contributed by atoms with Gasteiger partial charge in [-0.25, -0.2) is 0 Å². The Balaban J connectivity index is 2.79.